The fourth-order valence-electron chi connectivity index (χ4n) is 1.36. The summed E-state index contributed by atoms with van der Waals surface area (Å²) in [6.45, 7) is 10.8. The van der Waals surface area contributed by atoms with Gasteiger partial charge in [-0.15, -0.1) is 0 Å². The third-order valence-corrected chi connectivity index (χ3v) is 3.29. The van der Waals surface area contributed by atoms with Crippen molar-refractivity contribution in [3.05, 3.63) is 11.5 Å². The summed E-state index contributed by atoms with van der Waals surface area (Å²) < 4.78 is 11.0. The first-order chi connectivity index (χ1) is 8.59. The van der Waals surface area contributed by atoms with E-state index in [2.05, 4.69) is 24.1 Å². The summed E-state index contributed by atoms with van der Waals surface area (Å²) >= 11 is 1.65. The zero-order valence-electron chi connectivity index (χ0n) is 11.8. The first kappa shape index (κ1) is 15.5. The lowest BCUT2D eigenvalue weighted by atomic mass is 10.4. The van der Waals surface area contributed by atoms with Crippen molar-refractivity contribution in [1.82, 2.24) is 10.3 Å². The molecule has 1 heterocycles. The minimum absolute atomic E-state index is 0.331. The van der Waals surface area contributed by atoms with Gasteiger partial charge in [0.05, 0.1) is 11.8 Å². The number of thioether (sulfide) groups is 1. The first-order valence-corrected chi connectivity index (χ1v) is 7.47. The van der Waals surface area contributed by atoms with Gasteiger partial charge in [0.2, 0.25) is 0 Å². The molecule has 1 rings (SSSR count). The van der Waals surface area contributed by atoms with Crippen LogP contribution in [0.15, 0.2) is 9.64 Å². The molecule has 0 atom stereocenters. The Kier molecular flexibility index (Phi) is 7.39. The van der Waals surface area contributed by atoms with Crippen LogP contribution in [0.4, 0.5) is 0 Å². The van der Waals surface area contributed by atoms with Gasteiger partial charge in [0.1, 0.15) is 5.76 Å². The number of hydrogen-bond donors (Lipinski definition) is 1. The number of nitrogens with one attached hydrogen (secondary N) is 1. The Morgan fingerprint density at radius 3 is 2.72 bits per heavy atom. The highest BCUT2D eigenvalue weighted by Gasteiger charge is 2.05. The van der Waals surface area contributed by atoms with Crippen molar-refractivity contribution in [3.8, 4) is 0 Å². The van der Waals surface area contributed by atoms with Crippen LogP contribution < -0.4 is 5.32 Å². The van der Waals surface area contributed by atoms with Gasteiger partial charge in [-0.1, -0.05) is 11.8 Å². The average Bonchev–Trinajstić information content (AvgIpc) is 2.62. The van der Waals surface area contributed by atoms with E-state index in [1.165, 1.54) is 0 Å². The van der Waals surface area contributed by atoms with E-state index in [4.69, 9.17) is 9.15 Å². The van der Waals surface area contributed by atoms with Gasteiger partial charge in [0.25, 0.3) is 5.22 Å². The standard InChI is InChI=1S/C13H24N2O2S/c1-10(2)16-8-5-6-14-7-9-18-13-15-11(3)12(4)17-13/h10,14H,5-9H2,1-4H3. The van der Waals surface area contributed by atoms with Crippen LogP contribution in [0.2, 0.25) is 0 Å². The Bertz CT molecular complexity index is 320. The van der Waals surface area contributed by atoms with E-state index in [-0.39, 0.29) is 0 Å². The Hall–Kier alpha value is -0.520. The molecule has 0 spiro atoms. The Morgan fingerprint density at radius 2 is 2.11 bits per heavy atom. The van der Waals surface area contributed by atoms with E-state index >= 15 is 0 Å². The van der Waals surface area contributed by atoms with Crippen LogP contribution in [0.3, 0.4) is 0 Å². The molecule has 0 unspecified atom stereocenters. The normalized spacial score (nSPS) is 11.4. The highest BCUT2D eigenvalue weighted by atomic mass is 32.2. The molecule has 0 fully saturated rings. The molecule has 1 N–H and O–H groups in total. The topological polar surface area (TPSA) is 47.3 Å². The van der Waals surface area contributed by atoms with Crippen LogP contribution in [0.1, 0.15) is 31.7 Å². The maximum absolute atomic E-state index is 5.49. The SMILES string of the molecule is Cc1nc(SCCNCCCOC(C)C)oc1C. The molecule has 0 saturated heterocycles. The van der Waals surface area contributed by atoms with Gasteiger partial charge in [-0.3, -0.25) is 0 Å². The number of nitrogens with zero attached hydrogens (tertiary/aromatic N) is 1. The smallest absolute Gasteiger partial charge is 0.256 e. The van der Waals surface area contributed by atoms with Crippen molar-refractivity contribution < 1.29 is 9.15 Å². The minimum atomic E-state index is 0.331. The molecule has 104 valence electrons. The van der Waals surface area contributed by atoms with Gasteiger partial charge < -0.3 is 14.5 Å². The summed E-state index contributed by atoms with van der Waals surface area (Å²) in [7, 11) is 0. The highest BCUT2D eigenvalue weighted by molar-refractivity contribution is 7.99. The van der Waals surface area contributed by atoms with Crippen molar-refractivity contribution >= 4 is 11.8 Å². The third kappa shape index (κ3) is 6.42. The molecular formula is C13H24N2O2S. The van der Waals surface area contributed by atoms with Gasteiger partial charge >= 0.3 is 0 Å². The van der Waals surface area contributed by atoms with Crippen molar-refractivity contribution in [2.45, 2.75) is 45.4 Å². The molecule has 1 aromatic heterocycles. The molecule has 0 aliphatic rings. The maximum Gasteiger partial charge on any atom is 0.256 e. The van der Waals surface area contributed by atoms with Crippen molar-refractivity contribution in [2.24, 2.45) is 0 Å². The second-order valence-corrected chi connectivity index (χ2v) is 5.54. The predicted molar refractivity (Wildman–Crippen MR) is 75.3 cm³/mol. The molecule has 0 radical (unpaired) electrons. The number of aryl methyl sites for hydroxylation is 2. The third-order valence-electron chi connectivity index (χ3n) is 2.46. The van der Waals surface area contributed by atoms with E-state index in [9.17, 15) is 0 Å². The Labute approximate surface area is 114 Å². The van der Waals surface area contributed by atoms with Crippen LogP contribution in [0.5, 0.6) is 0 Å². The average molecular weight is 272 g/mol. The van der Waals surface area contributed by atoms with E-state index in [1.807, 2.05) is 13.8 Å². The lowest BCUT2D eigenvalue weighted by Gasteiger charge is -2.07. The van der Waals surface area contributed by atoms with Crippen LogP contribution in [-0.2, 0) is 4.74 Å². The van der Waals surface area contributed by atoms with E-state index in [0.29, 0.717) is 6.10 Å². The van der Waals surface area contributed by atoms with Gasteiger partial charge in [-0.05, 0) is 40.7 Å². The van der Waals surface area contributed by atoms with Crippen molar-refractivity contribution in [1.29, 1.82) is 0 Å². The summed E-state index contributed by atoms with van der Waals surface area (Å²) in [6, 6.07) is 0. The number of ether oxygens (including phenoxy) is 1. The minimum Gasteiger partial charge on any atom is -0.437 e. The highest BCUT2D eigenvalue weighted by Crippen LogP contribution is 2.19. The molecule has 0 aromatic carbocycles. The Balaban J connectivity index is 1.96. The van der Waals surface area contributed by atoms with Crippen LogP contribution in [-0.4, -0.2) is 36.5 Å². The number of rotatable bonds is 9. The van der Waals surface area contributed by atoms with Gasteiger partial charge in [-0.2, -0.15) is 0 Å². The summed E-state index contributed by atoms with van der Waals surface area (Å²) in [4.78, 5) is 4.33. The fraction of sp³-hybridized carbons (Fsp3) is 0.769. The molecule has 0 aliphatic carbocycles. The molecular weight excluding hydrogens is 248 g/mol. The second-order valence-electron chi connectivity index (χ2n) is 4.49. The quantitative estimate of drug-likeness (QED) is 0.553. The lowest BCUT2D eigenvalue weighted by molar-refractivity contribution is 0.0772. The first-order valence-electron chi connectivity index (χ1n) is 6.48. The molecule has 0 amide bonds. The predicted octanol–water partition coefficient (Wildman–Crippen LogP) is 2.79. The monoisotopic (exact) mass is 272 g/mol. The molecule has 5 heteroatoms. The van der Waals surface area contributed by atoms with Gasteiger partial charge in [0.15, 0.2) is 0 Å². The summed E-state index contributed by atoms with van der Waals surface area (Å²) in [5.74, 6) is 1.89. The maximum atomic E-state index is 5.49. The lowest BCUT2D eigenvalue weighted by Crippen LogP contribution is -2.20. The number of hydrogen-bond acceptors (Lipinski definition) is 5. The van der Waals surface area contributed by atoms with E-state index in [0.717, 1.165) is 48.5 Å². The fourth-order valence-corrected chi connectivity index (χ4v) is 2.16. The molecule has 18 heavy (non-hydrogen) atoms. The molecule has 0 saturated carbocycles. The second kappa shape index (κ2) is 8.56. The largest absolute Gasteiger partial charge is 0.437 e. The van der Waals surface area contributed by atoms with E-state index in [1.54, 1.807) is 11.8 Å². The zero-order chi connectivity index (χ0) is 13.4. The summed E-state index contributed by atoms with van der Waals surface area (Å²) in [5.41, 5.74) is 0.983. The number of oxazole rings is 1. The zero-order valence-corrected chi connectivity index (χ0v) is 12.6. The molecule has 0 aliphatic heterocycles. The molecule has 0 bridgehead atoms. The number of aromatic nitrogens is 1. The van der Waals surface area contributed by atoms with Crippen molar-refractivity contribution in [3.63, 3.8) is 0 Å². The Morgan fingerprint density at radius 1 is 1.33 bits per heavy atom. The van der Waals surface area contributed by atoms with Crippen molar-refractivity contribution in [2.75, 3.05) is 25.4 Å². The van der Waals surface area contributed by atoms with Gasteiger partial charge in [0, 0.05) is 18.9 Å². The summed E-state index contributed by atoms with van der Waals surface area (Å²) in [5, 5.41) is 4.15. The molecule has 1 aromatic rings. The van der Waals surface area contributed by atoms with Crippen LogP contribution in [0, 0.1) is 13.8 Å². The van der Waals surface area contributed by atoms with E-state index < -0.39 is 0 Å². The molecule has 4 nitrogen and oxygen atoms in total. The van der Waals surface area contributed by atoms with Crippen LogP contribution >= 0.6 is 11.8 Å². The van der Waals surface area contributed by atoms with Crippen LogP contribution in [0.25, 0.3) is 0 Å². The summed E-state index contributed by atoms with van der Waals surface area (Å²) in [6.07, 6.45) is 1.39. The van der Waals surface area contributed by atoms with Gasteiger partial charge in [-0.25, -0.2) is 4.98 Å².